The second-order valence-electron chi connectivity index (χ2n) is 4.41. The molecule has 1 aliphatic heterocycles. The summed E-state index contributed by atoms with van der Waals surface area (Å²) >= 11 is 0. The van der Waals surface area contributed by atoms with Crippen LogP contribution < -0.4 is 5.73 Å². The molecule has 1 heterocycles. The first-order valence-corrected chi connectivity index (χ1v) is 7.33. The highest BCUT2D eigenvalue weighted by Gasteiger charge is 2.30. The van der Waals surface area contributed by atoms with Crippen LogP contribution in [-0.4, -0.2) is 50.3 Å². The van der Waals surface area contributed by atoms with Crippen molar-refractivity contribution in [3.05, 3.63) is 0 Å². The number of piperidine rings is 1. The highest BCUT2D eigenvalue weighted by Crippen LogP contribution is 2.19. The lowest BCUT2D eigenvalue weighted by atomic mass is 9.99. The SMILES string of the molecule is CCCN(C)S(=O)(=O)N1CCC(CN)CC1. The van der Waals surface area contributed by atoms with Crippen LogP contribution >= 0.6 is 0 Å². The third-order valence-corrected chi connectivity index (χ3v) is 5.15. The highest BCUT2D eigenvalue weighted by atomic mass is 32.2. The molecule has 1 aliphatic rings. The van der Waals surface area contributed by atoms with Crippen molar-refractivity contribution >= 4 is 10.2 Å². The summed E-state index contributed by atoms with van der Waals surface area (Å²) < 4.78 is 27.2. The Morgan fingerprint density at radius 1 is 1.38 bits per heavy atom. The number of nitrogens with zero attached hydrogens (tertiary/aromatic N) is 2. The largest absolute Gasteiger partial charge is 0.330 e. The minimum atomic E-state index is -3.23. The van der Waals surface area contributed by atoms with E-state index in [4.69, 9.17) is 5.73 Å². The van der Waals surface area contributed by atoms with Crippen LogP contribution in [-0.2, 0) is 10.2 Å². The molecule has 0 unspecified atom stereocenters. The van der Waals surface area contributed by atoms with Crippen molar-refractivity contribution in [1.29, 1.82) is 0 Å². The minimum Gasteiger partial charge on any atom is -0.330 e. The van der Waals surface area contributed by atoms with E-state index in [-0.39, 0.29) is 0 Å². The van der Waals surface area contributed by atoms with E-state index >= 15 is 0 Å². The number of hydrogen-bond acceptors (Lipinski definition) is 3. The van der Waals surface area contributed by atoms with E-state index in [1.165, 1.54) is 4.31 Å². The lowest BCUT2D eigenvalue weighted by Crippen LogP contribution is -2.46. The molecule has 0 bridgehead atoms. The zero-order valence-corrected chi connectivity index (χ0v) is 11.0. The molecule has 96 valence electrons. The third kappa shape index (κ3) is 3.16. The van der Waals surface area contributed by atoms with Crippen LogP contribution in [0, 0.1) is 5.92 Å². The van der Waals surface area contributed by atoms with Gasteiger partial charge in [0.15, 0.2) is 0 Å². The van der Waals surface area contributed by atoms with Crippen LogP contribution in [0.2, 0.25) is 0 Å². The summed E-state index contributed by atoms with van der Waals surface area (Å²) in [5.74, 6) is 0.489. The van der Waals surface area contributed by atoms with Gasteiger partial charge in [-0.15, -0.1) is 0 Å². The molecular formula is C10H23N3O2S. The van der Waals surface area contributed by atoms with Crippen LogP contribution in [0.25, 0.3) is 0 Å². The van der Waals surface area contributed by atoms with Crippen molar-refractivity contribution < 1.29 is 8.42 Å². The molecule has 0 saturated carbocycles. The van der Waals surface area contributed by atoms with Crippen molar-refractivity contribution in [2.45, 2.75) is 26.2 Å². The Morgan fingerprint density at radius 2 is 1.94 bits per heavy atom. The van der Waals surface area contributed by atoms with E-state index < -0.39 is 10.2 Å². The average Bonchev–Trinajstić information content (AvgIpc) is 2.29. The summed E-state index contributed by atoms with van der Waals surface area (Å²) in [7, 11) is -1.58. The Balaban J connectivity index is 2.58. The van der Waals surface area contributed by atoms with E-state index in [0.29, 0.717) is 32.1 Å². The van der Waals surface area contributed by atoms with Gasteiger partial charge < -0.3 is 5.73 Å². The van der Waals surface area contributed by atoms with Crippen molar-refractivity contribution in [2.24, 2.45) is 11.7 Å². The van der Waals surface area contributed by atoms with Gasteiger partial charge in [0.05, 0.1) is 0 Å². The smallest absolute Gasteiger partial charge is 0.281 e. The Kier molecular flexibility index (Phi) is 5.17. The van der Waals surface area contributed by atoms with E-state index in [9.17, 15) is 8.42 Å². The zero-order valence-electron chi connectivity index (χ0n) is 10.2. The Morgan fingerprint density at radius 3 is 2.38 bits per heavy atom. The molecule has 0 atom stereocenters. The monoisotopic (exact) mass is 249 g/mol. The van der Waals surface area contributed by atoms with Gasteiger partial charge in [-0.3, -0.25) is 0 Å². The maximum Gasteiger partial charge on any atom is 0.281 e. The summed E-state index contributed by atoms with van der Waals surface area (Å²) in [6.07, 6.45) is 2.61. The van der Waals surface area contributed by atoms with Crippen LogP contribution in [0.15, 0.2) is 0 Å². The third-order valence-electron chi connectivity index (χ3n) is 3.17. The Bertz CT molecular complexity index is 297. The van der Waals surface area contributed by atoms with E-state index in [1.54, 1.807) is 11.4 Å². The lowest BCUT2D eigenvalue weighted by molar-refractivity contribution is 0.263. The second kappa shape index (κ2) is 5.95. The molecule has 5 nitrogen and oxygen atoms in total. The lowest BCUT2D eigenvalue weighted by Gasteiger charge is -2.33. The molecule has 0 aromatic rings. The van der Waals surface area contributed by atoms with Gasteiger partial charge in [-0.25, -0.2) is 0 Å². The Labute approximate surface area is 98.8 Å². The average molecular weight is 249 g/mol. The van der Waals surface area contributed by atoms with Gasteiger partial charge in [0, 0.05) is 26.7 Å². The van der Waals surface area contributed by atoms with Gasteiger partial charge in [-0.2, -0.15) is 17.0 Å². The van der Waals surface area contributed by atoms with Crippen molar-refractivity contribution in [3.63, 3.8) is 0 Å². The molecule has 0 aromatic heterocycles. The summed E-state index contributed by atoms with van der Waals surface area (Å²) in [4.78, 5) is 0. The van der Waals surface area contributed by atoms with Crippen LogP contribution in [0.3, 0.4) is 0 Å². The van der Waals surface area contributed by atoms with Gasteiger partial charge >= 0.3 is 0 Å². The van der Waals surface area contributed by atoms with Crippen molar-refractivity contribution in [1.82, 2.24) is 8.61 Å². The van der Waals surface area contributed by atoms with Crippen LogP contribution in [0.5, 0.6) is 0 Å². The van der Waals surface area contributed by atoms with Gasteiger partial charge in [-0.1, -0.05) is 6.92 Å². The molecular weight excluding hydrogens is 226 g/mol. The fraction of sp³-hybridized carbons (Fsp3) is 1.00. The predicted octanol–water partition coefficient (Wildman–Crippen LogP) is 0.244. The standard InChI is InChI=1S/C10H23N3O2S/c1-3-6-12(2)16(14,15)13-7-4-10(9-11)5-8-13/h10H,3-9,11H2,1-2H3. The molecule has 1 fully saturated rings. The summed E-state index contributed by atoms with van der Waals surface area (Å²) in [5, 5.41) is 0. The molecule has 0 aliphatic carbocycles. The molecule has 1 rings (SSSR count). The minimum absolute atomic E-state index is 0.489. The van der Waals surface area contributed by atoms with Crippen LogP contribution in [0.4, 0.5) is 0 Å². The van der Waals surface area contributed by atoms with Crippen molar-refractivity contribution in [2.75, 3.05) is 33.2 Å². The first-order valence-electron chi connectivity index (χ1n) is 5.93. The maximum atomic E-state index is 12.1. The molecule has 6 heteroatoms. The molecule has 16 heavy (non-hydrogen) atoms. The molecule has 0 amide bonds. The van der Waals surface area contributed by atoms with Gasteiger partial charge in [0.2, 0.25) is 0 Å². The number of rotatable bonds is 5. The van der Waals surface area contributed by atoms with Crippen LogP contribution in [0.1, 0.15) is 26.2 Å². The molecule has 0 radical (unpaired) electrons. The molecule has 0 spiro atoms. The fourth-order valence-corrected chi connectivity index (χ4v) is 3.48. The van der Waals surface area contributed by atoms with Gasteiger partial charge in [0.1, 0.15) is 0 Å². The first-order chi connectivity index (χ1) is 7.52. The summed E-state index contributed by atoms with van der Waals surface area (Å²) in [6.45, 7) is 4.45. The normalized spacial score (nSPS) is 20.5. The van der Waals surface area contributed by atoms with Gasteiger partial charge in [-0.05, 0) is 31.7 Å². The Hall–Kier alpha value is -0.170. The number of nitrogens with two attached hydrogens (primary N) is 1. The van der Waals surface area contributed by atoms with Gasteiger partial charge in [0.25, 0.3) is 10.2 Å². The number of hydrogen-bond donors (Lipinski definition) is 1. The topological polar surface area (TPSA) is 66.6 Å². The highest BCUT2D eigenvalue weighted by molar-refractivity contribution is 7.86. The van der Waals surface area contributed by atoms with E-state index in [2.05, 4.69) is 0 Å². The first kappa shape index (κ1) is 13.9. The zero-order chi connectivity index (χ0) is 12.2. The van der Waals surface area contributed by atoms with Crippen molar-refractivity contribution in [3.8, 4) is 0 Å². The molecule has 2 N–H and O–H groups in total. The van der Waals surface area contributed by atoms with E-state index in [1.807, 2.05) is 6.92 Å². The second-order valence-corrected chi connectivity index (χ2v) is 6.44. The van der Waals surface area contributed by atoms with E-state index in [0.717, 1.165) is 19.3 Å². The predicted molar refractivity (Wildman–Crippen MR) is 65.2 cm³/mol. The maximum absolute atomic E-state index is 12.1. The quantitative estimate of drug-likeness (QED) is 0.759. The summed E-state index contributed by atoms with van der Waals surface area (Å²) in [6, 6.07) is 0. The summed E-state index contributed by atoms with van der Waals surface area (Å²) in [5.41, 5.74) is 5.59. The fourth-order valence-electron chi connectivity index (χ4n) is 2.00. The molecule has 0 aromatic carbocycles. The molecule has 1 saturated heterocycles.